The van der Waals surface area contributed by atoms with Crippen molar-refractivity contribution >= 4 is 33.2 Å². The topological polar surface area (TPSA) is 97.4 Å². The first-order chi connectivity index (χ1) is 16.3. The van der Waals surface area contributed by atoms with Crippen molar-refractivity contribution in [2.24, 2.45) is 0 Å². The molecule has 2 aromatic carbocycles. The number of sulfonamides is 1. The van der Waals surface area contributed by atoms with Crippen molar-refractivity contribution < 1.29 is 27.4 Å². The summed E-state index contributed by atoms with van der Waals surface area (Å²) in [5.74, 6) is 0.269. The summed E-state index contributed by atoms with van der Waals surface area (Å²) < 4.78 is 44.0. The minimum Gasteiger partial charge on any atom is -0.493 e. The molecule has 0 aromatic heterocycles. The summed E-state index contributed by atoms with van der Waals surface area (Å²) in [7, 11) is -1.20. The van der Waals surface area contributed by atoms with Crippen LogP contribution in [0.5, 0.6) is 11.5 Å². The SMILES string of the molecule is COc1ccc(S(=O)(=O)N(CC(=O)NCCCN2CCOCC2)c2ccc(Cl)cc2)cc1OC. The Kier molecular flexibility index (Phi) is 9.40. The highest BCUT2D eigenvalue weighted by Crippen LogP contribution is 2.32. The van der Waals surface area contributed by atoms with Crippen molar-refractivity contribution in [3.8, 4) is 11.5 Å². The molecule has 1 heterocycles. The van der Waals surface area contributed by atoms with Crippen molar-refractivity contribution in [3.63, 3.8) is 0 Å². The molecule has 1 N–H and O–H groups in total. The van der Waals surface area contributed by atoms with E-state index in [0.29, 0.717) is 23.0 Å². The maximum Gasteiger partial charge on any atom is 0.264 e. The molecule has 34 heavy (non-hydrogen) atoms. The van der Waals surface area contributed by atoms with Crippen LogP contribution in [0.1, 0.15) is 6.42 Å². The third-order valence-corrected chi connectivity index (χ3v) is 7.44. The zero-order valence-electron chi connectivity index (χ0n) is 19.3. The van der Waals surface area contributed by atoms with Gasteiger partial charge in [-0.3, -0.25) is 14.0 Å². The number of morpholine rings is 1. The van der Waals surface area contributed by atoms with Crippen molar-refractivity contribution in [3.05, 3.63) is 47.5 Å². The van der Waals surface area contributed by atoms with Gasteiger partial charge in [0.25, 0.3) is 10.0 Å². The van der Waals surface area contributed by atoms with Crippen LogP contribution in [0.25, 0.3) is 0 Å². The fourth-order valence-electron chi connectivity index (χ4n) is 3.57. The van der Waals surface area contributed by atoms with Crippen LogP contribution in [0.2, 0.25) is 5.02 Å². The van der Waals surface area contributed by atoms with Gasteiger partial charge < -0.3 is 19.5 Å². The Hall–Kier alpha value is -2.53. The molecule has 0 aliphatic carbocycles. The molecule has 1 amide bonds. The van der Waals surface area contributed by atoms with Crippen molar-refractivity contribution in [2.45, 2.75) is 11.3 Å². The van der Waals surface area contributed by atoms with E-state index in [1.165, 1.54) is 32.4 Å². The molecule has 3 rings (SSSR count). The van der Waals surface area contributed by atoms with E-state index in [4.69, 9.17) is 25.8 Å². The van der Waals surface area contributed by atoms with E-state index in [1.54, 1.807) is 24.3 Å². The number of benzene rings is 2. The van der Waals surface area contributed by atoms with Gasteiger partial charge >= 0.3 is 0 Å². The summed E-state index contributed by atoms with van der Waals surface area (Å²) in [6.07, 6.45) is 0.759. The molecule has 0 spiro atoms. The Balaban J connectivity index is 1.74. The second kappa shape index (κ2) is 12.3. The quantitative estimate of drug-likeness (QED) is 0.462. The number of anilines is 1. The second-order valence-corrected chi connectivity index (χ2v) is 9.96. The Morgan fingerprint density at radius 1 is 1.09 bits per heavy atom. The number of methoxy groups -OCH3 is 2. The summed E-state index contributed by atoms with van der Waals surface area (Å²) in [6.45, 7) is 4.10. The van der Waals surface area contributed by atoms with Gasteiger partial charge in [0, 0.05) is 30.7 Å². The Morgan fingerprint density at radius 3 is 2.41 bits per heavy atom. The summed E-state index contributed by atoms with van der Waals surface area (Å²) in [5.41, 5.74) is 0.322. The van der Waals surface area contributed by atoms with Gasteiger partial charge in [0.2, 0.25) is 5.91 Å². The van der Waals surface area contributed by atoms with Gasteiger partial charge in [-0.05, 0) is 49.4 Å². The number of carbonyl (C=O) groups is 1. The molecule has 0 bridgehead atoms. The standard InChI is InChI=1S/C23H30ClN3O6S/c1-31-21-9-8-20(16-22(21)32-2)34(29,30)27(19-6-4-18(24)5-7-19)17-23(28)25-10-3-11-26-12-14-33-15-13-26/h4-9,16H,3,10-15,17H2,1-2H3,(H,25,28). The highest BCUT2D eigenvalue weighted by Gasteiger charge is 2.28. The zero-order valence-corrected chi connectivity index (χ0v) is 20.9. The number of nitrogens with one attached hydrogen (secondary N) is 1. The van der Waals surface area contributed by atoms with Crippen LogP contribution in [0.15, 0.2) is 47.4 Å². The first-order valence-corrected chi connectivity index (χ1v) is 12.7. The first-order valence-electron chi connectivity index (χ1n) is 10.9. The predicted octanol–water partition coefficient (Wildman–Crippen LogP) is 2.39. The minimum absolute atomic E-state index is 0.0276. The van der Waals surface area contributed by atoms with Gasteiger partial charge in [-0.25, -0.2) is 8.42 Å². The second-order valence-electron chi connectivity index (χ2n) is 7.66. The van der Waals surface area contributed by atoms with E-state index in [2.05, 4.69) is 10.2 Å². The van der Waals surface area contributed by atoms with Gasteiger partial charge in [0.1, 0.15) is 6.54 Å². The van der Waals surface area contributed by atoms with E-state index in [0.717, 1.165) is 43.6 Å². The molecular weight excluding hydrogens is 482 g/mol. The number of hydrogen-bond donors (Lipinski definition) is 1. The molecular formula is C23H30ClN3O6S. The number of hydrogen-bond acceptors (Lipinski definition) is 7. The third-order valence-electron chi connectivity index (χ3n) is 5.42. The molecule has 1 aliphatic rings. The Labute approximate surface area is 205 Å². The number of ether oxygens (including phenoxy) is 3. The smallest absolute Gasteiger partial charge is 0.264 e. The molecule has 11 heteroatoms. The summed E-state index contributed by atoms with van der Waals surface area (Å²) in [4.78, 5) is 15.0. The van der Waals surface area contributed by atoms with E-state index >= 15 is 0 Å². The van der Waals surface area contributed by atoms with Crippen LogP contribution in [-0.2, 0) is 19.6 Å². The van der Waals surface area contributed by atoms with Gasteiger partial charge in [-0.15, -0.1) is 0 Å². The first kappa shape index (κ1) is 26.1. The van der Waals surface area contributed by atoms with Crippen LogP contribution >= 0.6 is 11.6 Å². The van der Waals surface area contributed by atoms with Crippen LogP contribution in [0.4, 0.5) is 5.69 Å². The van der Waals surface area contributed by atoms with E-state index in [1.807, 2.05) is 0 Å². The number of nitrogens with zero attached hydrogens (tertiary/aromatic N) is 2. The number of halogens is 1. The summed E-state index contributed by atoms with van der Waals surface area (Å²) in [5, 5.41) is 3.28. The van der Waals surface area contributed by atoms with E-state index in [-0.39, 0.29) is 17.2 Å². The fraction of sp³-hybridized carbons (Fsp3) is 0.435. The normalized spacial score (nSPS) is 14.4. The maximum atomic E-state index is 13.6. The van der Waals surface area contributed by atoms with Gasteiger partial charge in [-0.2, -0.15) is 0 Å². The summed E-state index contributed by atoms with van der Waals surface area (Å²) >= 11 is 5.99. The van der Waals surface area contributed by atoms with Crippen LogP contribution in [0, 0.1) is 0 Å². The molecule has 9 nitrogen and oxygen atoms in total. The predicted molar refractivity (Wildman–Crippen MR) is 130 cm³/mol. The van der Waals surface area contributed by atoms with Crippen LogP contribution in [-0.4, -0.2) is 79.4 Å². The number of carbonyl (C=O) groups excluding carboxylic acids is 1. The monoisotopic (exact) mass is 511 g/mol. The van der Waals surface area contributed by atoms with E-state index in [9.17, 15) is 13.2 Å². The minimum atomic E-state index is -4.10. The van der Waals surface area contributed by atoms with Gasteiger partial charge in [0.05, 0.1) is 38.0 Å². The number of amides is 1. The lowest BCUT2D eigenvalue weighted by atomic mass is 10.3. The average Bonchev–Trinajstić information content (AvgIpc) is 2.86. The van der Waals surface area contributed by atoms with Gasteiger partial charge in [0.15, 0.2) is 11.5 Å². The lowest BCUT2D eigenvalue weighted by Crippen LogP contribution is -2.42. The molecule has 1 aliphatic heterocycles. The molecule has 1 saturated heterocycles. The highest BCUT2D eigenvalue weighted by molar-refractivity contribution is 7.92. The molecule has 0 atom stereocenters. The fourth-order valence-corrected chi connectivity index (χ4v) is 5.13. The Bertz CT molecular complexity index is 1060. The largest absolute Gasteiger partial charge is 0.493 e. The molecule has 186 valence electrons. The molecule has 2 aromatic rings. The molecule has 0 unspecified atom stereocenters. The average molecular weight is 512 g/mol. The number of rotatable bonds is 11. The lowest BCUT2D eigenvalue weighted by molar-refractivity contribution is -0.119. The Morgan fingerprint density at radius 2 is 1.76 bits per heavy atom. The van der Waals surface area contributed by atoms with Gasteiger partial charge in [-0.1, -0.05) is 11.6 Å². The summed E-state index contributed by atoms with van der Waals surface area (Å²) in [6, 6.07) is 10.6. The molecule has 0 saturated carbocycles. The highest BCUT2D eigenvalue weighted by atomic mass is 35.5. The maximum absolute atomic E-state index is 13.6. The molecule has 1 fully saturated rings. The van der Waals surface area contributed by atoms with E-state index < -0.39 is 15.9 Å². The molecule has 0 radical (unpaired) electrons. The van der Waals surface area contributed by atoms with Crippen molar-refractivity contribution in [1.82, 2.24) is 10.2 Å². The zero-order chi connectivity index (χ0) is 24.6. The van der Waals surface area contributed by atoms with Crippen LogP contribution < -0.4 is 19.1 Å². The van der Waals surface area contributed by atoms with Crippen molar-refractivity contribution in [1.29, 1.82) is 0 Å². The third kappa shape index (κ3) is 6.75. The van der Waals surface area contributed by atoms with Crippen molar-refractivity contribution in [2.75, 3.05) is 64.5 Å². The van der Waals surface area contributed by atoms with Crippen LogP contribution in [0.3, 0.4) is 0 Å². The lowest BCUT2D eigenvalue weighted by Gasteiger charge is -2.26.